The van der Waals surface area contributed by atoms with Crippen molar-refractivity contribution in [2.75, 3.05) is 13.1 Å². The van der Waals surface area contributed by atoms with Gasteiger partial charge in [0.1, 0.15) is 5.65 Å². The number of aryl methyl sites for hydroxylation is 1. The summed E-state index contributed by atoms with van der Waals surface area (Å²) in [5, 5.41) is 0.440. The minimum atomic E-state index is -0.378. The van der Waals surface area contributed by atoms with Crippen LogP contribution in [0.3, 0.4) is 0 Å². The van der Waals surface area contributed by atoms with Gasteiger partial charge in [-0.3, -0.25) is 18.7 Å². The summed E-state index contributed by atoms with van der Waals surface area (Å²) >= 11 is 0. The molecule has 7 heteroatoms. The zero-order chi connectivity index (χ0) is 18.4. The van der Waals surface area contributed by atoms with Crippen LogP contribution in [0, 0.1) is 5.92 Å². The first-order valence-electron chi connectivity index (χ1n) is 9.33. The van der Waals surface area contributed by atoms with Crippen LogP contribution in [0.4, 0.5) is 0 Å². The lowest BCUT2D eigenvalue weighted by atomic mass is 10.0. The van der Waals surface area contributed by atoms with Crippen LogP contribution in [0.2, 0.25) is 0 Å². The van der Waals surface area contributed by atoms with Crippen molar-refractivity contribution in [3.8, 4) is 0 Å². The zero-order valence-corrected chi connectivity index (χ0v) is 15.3. The van der Waals surface area contributed by atoms with Crippen molar-refractivity contribution in [1.29, 1.82) is 0 Å². The first-order chi connectivity index (χ1) is 12.5. The molecule has 1 atom stereocenters. The molecule has 4 rings (SSSR count). The average Bonchev–Trinajstić information content (AvgIpc) is 3.35. The van der Waals surface area contributed by atoms with Crippen molar-refractivity contribution >= 4 is 16.9 Å². The highest BCUT2D eigenvalue weighted by Crippen LogP contribution is 2.31. The predicted molar refractivity (Wildman–Crippen MR) is 98.1 cm³/mol. The van der Waals surface area contributed by atoms with E-state index < -0.39 is 0 Å². The molecule has 0 spiro atoms. The summed E-state index contributed by atoms with van der Waals surface area (Å²) in [5.41, 5.74) is 0.557. The molecule has 1 aliphatic carbocycles. The Morgan fingerprint density at radius 3 is 2.54 bits per heavy atom. The average molecular weight is 356 g/mol. The molecule has 2 aromatic heterocycles. The van der Waals surface area contributed by atoms with Gasteiger partial charge < -0.3 is 4.90 Å². The molecule has 138 valence electrons. The number of pyridine rings is 1. The molecule has 2 aromatic rings. The van der Waals surface area contributed by atoms with Crippen LogP contribution in [0.15, 0.2) is 21.7 Å². The maximum atomic E-state index is 12.6. The Bertz CT molecular complexity index is 985. The normalized spacial score (nSPS) is 21.0. The van der Waals surface area contributed by atoms with Crippen LogP contribution in [-0.4, -0.2) is 38.0 Å². The molecule has 7 nitrogen and oxygen atoms in total. The number of fused-ring (bicyclic) bond motifs is 1. The van der Waals surface area contributed by atoms with Gasteiger partial charge in [0.05, 0.1) is 5.39 Å². The number of carbonyl (C=O) groups is 1. The molecule has 2 aliphatic rings. The molecular weight excluding hydrogens is 332 g/mol. The number of likely N-dealkylation sites (tertiary alicyclic amines) is 1. The smallest absolute Gasteiger partial charge is 0.332 e. The summed E-state index contributed by atoms with van der Waals surface area (Å²) in [5.74, 6) is 0.637. The molecule has 0 unspecified atom stereocenters. The van der Waals surface area contributed by atoms with E-state index in [1.165, 1.54) is 11.6 Å². The van der Waals surface area contributed by atoms with Crippen LogP contribution >= 0.6 is 0 Å². The highest BCUT2D eigenvalue weighted by Gasteiger charge is 2.33. The van der Waals surface area contributed by atoms with Gasteiger partial charge in [0, 0.05) is 44.7 Å². The Morgan fingerprint density at radius 1 is 1.08 bits per heavy atom. The second-order valence-electron chi connectivity index (χ2n) is 7.56. The molecule has 3 heterocycles. The van der Waals surface area contributed by atoms with E-state index in [9.17, 15) is 14.4 Å². The minimum Gasteiger partial charge on any atom is -0.342 e. The lowest BCUT2D eigenvalue weighted by Crippen LogP contribution is -2.37. The van der Waals surface area contributed by atoms with Crippen molar-refractivity contribution in [2.24, 2.45) is 20.0 Å². The summed E-state index contributed by atoms with van der Waals surface area (Å²) in [6, 6.07) is 3.61. The van der Waals surface area contributed by atoms with Crippen LogP contribution in [0.5, 0.6) is 0 Å². The van der Waals surface area contributed by atoms with Crippen LogP contribution < -0.4 is 11.2 Å². The monoisotopic (exact) mass is 356 g/mol. The van der Waals surface area contributed by atoms with E-state index in [1.54, 1.807) is 13.1 Å². The third kappa shape index (κ3) is 2.66. The Hall–Kier alpha value is -2.44. The Balaban J connectivity index is 1.63. The van der Waals surface area contributed by atoms with Crippen LogP contribution in [-0.2, 0) is 18.9 Å². The highest BCUT2D eigenvalue weighted by molar-refractivity contribution is 5.79. The molecule has 1 saturated carbocycles. The standard InChI is InChI=1S/C19H24N4O3/c1-21-16-14(18(25)22(2)19(21)26)7-8-15(20-16)13-9-10-23(11-13)17(24)12-5-3-4-6-12/h7-8,12-13H,3-6,9-11H2,1-2H3/t13-/m0/s1. The third-order valence-corrected chi connectivity index (χ3v) is 5.95. The van der Waals surface area contributed by atoms with Gasteiger partial charge in [-0.2, -0.15) is 0 Å². The van der Waals surface area contributed by atoms with Crippen molar-refractivity contribution < 1.29 is 4.79 Å². The molecule has 0 bridgehead atoms. The molecule has 1 saturated heterocycles. The largest absolute Gasteiger partial charge is 0.342 e. The van der Waals surface area contributed by atoms with Crippen molar-refractivity contribution in [3.63, 3.8) is 0 Å². The topological polar surface area (TPSA) is 77.2 Å². The van der Waals surface area contributed by atoms with E-state index in [1.807, 2.05) is 11.0 Å². The molecule has 1 aliphatic heterocycles. The highest BCUT2D eigenvalue weighted by atomic mass is 16.2. The zero-order valence-electron chi connectivity index (χ0n) is 15.3. The van der Waals surface area contributed by atoms with E-state index in [2.05, 4.69) is 4.98 Å². The fraction of sp³-hybridized carbons (Fsp3) is 0.579. The molecule has 0 N–H and O–H groups in total. The van der Waals surface area contributed by atoms with E-state index in [0.29, 0.717) is 17.6 Å². The molecule has 0 radical (unpaired) electrons. The molecular formula is C19H24N4O3. The Labute approximate surface area is 151 Å². The lowest BCUT2D eigenvalue weighted by molar-refractivity contribution is -0.134. The lowest BCUT2D eigenvalue weighted by Gasteiger charge is -2.20. The number of hydrogen-bond acceptors (Lipinski definition) is 4. The van der Waals surface area contributed by atoms with Gasteiger partial charge in [0.2, 0.25) is 5.91 Å². The minimum absolute atomic E-state index is 0.156. The van der Waals surface area contributed by atoms with Crippen molar-refractivity contribution in [3.05, 3.63) is 38.7 Å². The maximum absolute atomic E-state index is 12.6. The van der Waals surface area contributed by atoms with Crippen molar-refractivity contribution in [1.82, 2.24) is 19.0 Å². The van der Waals surface area contributed by atoms with E-state index in [0.717, 1.165) is 48.9 Å². The van der Waals surface area contributed by atoms with Gasteiger partial charge >= 0.3 is 5.69 Å². The summed E-state index contributed by atoms with van der Waals surface area (Å²) in [4.78, 5) is 43.7. The number of carbonyl (C=O) groups excluding carboxylic acids is 1. The van der Waals surface area contributed by atoms with E-state index in [-0.39, 0.29) is 29.0 Å². The number of aromatic nitrogens is 3. The van der Waals surface area contributed by atoms with E-state index >= 15 is 0 Å². The second-order valence-corrected chi connectivity index (χ2v) is 7.56. The number of rotatable bonds is 2. The van der Waals surface area contributed by atoms with Gasteiger partial charge in [-0.1, -0.05) is 12.8 Å². The Kier molecular flexibility index (Phi) is 4.17. The van der Waals surface area contributed by atoms with Crippen molar-refractivity contribution in [2.45, 2.75) is 38.0 Å². The van der Waals surface area contributed by atoms with Gasteiger partial charge in [-0.05, 0) is 31.4 Å². The van der Waals surface area contributed by atoms with Gasteiger partial charge in [-0.15, -0.1) is 0 Å². The Morgan fingerprint density at radius 2 is 1.81 bits per heavy atom. The summed E-state index contributed by atoms with van der Waals surface area (Å²) in [7, 11) is 3.10. The van der Waals surface area contributed by atoms with Gasteiger partial charge in [-0.25, -0.2) is 9.78 Å². The summed E-state index contributed by atoms with van der Waals surface area (Å²) in [6.07, 6.45) is 5.21. The first-order valence-corrected chi connectivity index (χ1v) is 9.33. The van der Waals surface area contributed by atoms with Crippen LogP contribution in [0.1, 0.15) is 43.7 Å². The number of amides is 1. The number of nitrogens with zero attached hydrogens (tertiary/aromatic N) is 4. The summed E-state index contributed by atoms with van der Waals surface area (Å²) < 4.78 is 2.51. The van der Waals surface area contributed by atoms with E-state index in [4.69, 9.17) is 0 Å². The molecule has 26 heavy (non-hydrogen) atoms. The molecule has 0 aromatic carbocycles. The SMILES string of the molecule is Cn1c(=O)c2ccc([C@H]3CCN(C(=O)C4CCCC4)C3)nc2n(C)c1=O. The first kappa shape index (κ1) is 17.0. The van der Waals surface area contributed by atoms with Gasteiger partial charge in [0.15, 0.2) is 0 Å². The quantitative estimate of drug-likeness (QED) is 0.808. The predicted octanol–water partition coefficient (Wildman–Crippen LogP) is 1.14. The fourth-order valence-electron chi connectivity index (χ4n) is 4.33. The summed E-state index contributed by atoms with van der Waals surface area (Å²) in [6.45, 7) is 1.43. The van der Waals surface area contributed by atoms with Gasteiger partial charge in [0.25, 0.3) is 5.56 Å². The maximum Gasteiger partial charge on any atom is 0.332 e. The third-order valence-electron chi connectivity index (χ3n) is 5.95. The number of hydrogen-bond donors (Lipinski definition) is 0. The molecule has 2 fully saturated rings. The van der Waals surface area contributed by atoms with Crippen LogP contribution in [0.25, 0.3) is 11.0 Å². The molecule has 1 amide bonds. The fourth-order valence-corrected chi connectivity index (χ4v) is 4.33. The second kappa shape index (κ2) is 6.37.